The minimum atomic E-state index is -3.04. The third-order valence-corrected chi connectivity index (χ3v) is 3.99. The Morgan fingerprint density at radius 2 is 1.95 bits per heavy atom. The van der Waals surface area contributed by atoms with E-state index in [2.05, 4.69) is 5.32 Å². The van der Waals surface area contributed by atoms with Crippen molar-refractivity contribution in [2.45, 2.75) is 13.3 Å². The van der Waals surface area contributed by atoms with Crippen LogP contribution >= 0.6 is 0 Å². The Hall–Kier alpha value is -1.60. The van der Waals surface area contributed by atoms with Gasteiger partial charge in [-0.2, -0.15) is 0 Å². The van der Waals surface area contributed by atoms with Crippen LogP contribution in [-0.4, -0.2) is 58.0 Å². The van der Waals surface area contributed by atoms with Gasteiger partial charge in [-0.15, -0.1) is 0 Å². The quantitative estimate of drug-likeness (QED) is 0.741. The van der Waals surface area contributed by atoms with Gasteiger partial charge in [0, 0.05) is 12.8 Å². The normalized spacial score (nSPS) is 11.5. The first-order valence-electron chi connectivity index (χ1n) is 7.18. The summed E-state index contributed by atoms with van der Waals surface area (Å²) in [5.41, 5.74) is 0.606. The number of amides is 1. The standard InChI is InChI=1S/C15H24N2O4S/c1-4-9-17(10-11-22(3,19)20)12-15(18)16-13-7-5-6-8-14(13)21-2/h5-8H,4,9-12H2,1-3H3,(H,16,18). The molecule has 1 N–H and O–H groups in total. The number of nitrogens with one attached hydrogen (secondary N) is 1. The van der Waals surface area contributed by atoms with Gasteiger partial charge in [-0.3, -0.25) is 9.69 Å². The largest absolute Gasteiger partial charge is 0.495 e. The second kappa shape index (κ2) is 8.75. The Morgan fingerprint density at radius 1 is 1.27 bits per heavy atom. The first-order chi connectivity index (χ1) is 10.4. The van der Waals surface area contributed by atoms with E-state index in [1.165, 1.54) is 6.26 Å². The molecule has 1 amide bonds. The summed E-state index contributed by atoms with van der Waals surface area (Å²) < 4.78 is 27.7. The molecule has 0 unspecified atom stereocenters. The third-order valence-electron chi connectivity index (χ3n) is 3.07. The third kappa shape index (κ3) is 6.91. The van der Waals surface area contributed by atoms with Gasteiger partial charge in [0.25, 0.3) is 0 Å². The number of carbonyl (C=O) groups excluding carboxylic acids is 1. The molecule has 6 nitrogen and oxygen atoms in total. The number of methoxy groups -OCH3 is 1. The van der Waals surface area contributed by atoms with Crippen molar-refractivity contribution in [3.05, 3.63) is 24.3 Å². The van der Waals surface area contributed by atoms with Crippen LogP contribution in [0.1, 0.15) is 13.3 Å². The van der Waals surface area contributed by atoms with E-state index in [4.69, 9.17) is 4.74 Å². The van der Waals surface area contributed by atoms with Crippen LogP contribution in [0.15, 0.2) is 24.3 Å². The Labute approximate surface area is 132 Å². The average Bonchev–Trinajstić information content (AvgIpc) is 2.44. The molecule has 0 heterocycles. The number of ether oxygens (including phenoxy) is 1. The summed E-state index contributed by atoms with van der Waals surface area (Å²) in [6.45, 7) is 3.17. The molecule has 0 bridgehead atoms. The molecule has 1 rings (SSSR count). The molecule has 0 aliphatic rings. The van der Waals surface area contributed by atoms with Crippen LogP contribution < -0.4 is 10.1 Å². The second-order valence-electron chi connectivity index (χ2n) is 5.15. The van der Waals surface area contributed by atoms with Gasteiger partial charge in [-0.25, -0.2) is 8.42 Å². The number of anilines is 1. The zero-order valence-corrected chi connectivity index (χ0v) is 14.1. The van der Waals surface area contributed by atoms with Crippen LogP contribution in [0.5, 0.6) is 5.75 Å². The lowest BCUT2D eigenvalue weighted by Gasteiger charge is -2.21. The van der Waals surface area contributed by atoms with Crippen LogP contribution in [0.2, 0.25) is 0 Å². The number of para-hydroxylation sites is 2. The molecule has 0 aliphatic heterocycles. The number of nitrogens with zero attached hydrogens (tertiary/aromatic N) is 1. The lowest BCUT2D eigenvalue weighted by molar-refractivity contribution is -0.117. The molecular formula is C15H24N2O4S. The van der Waals surface area contributed by atoms with E-state index in [-0.39, 0.29) is 18.2 Å². The lowest BCUT2D eigenvalue weighted by Crippen LogP contribution is -2.37. The van der Waals surface area contributed by atoms with E-state index in [0.717, 1.165) is 6.42 Å². The minimum Gasteiger partial charge on any atom is -0.495 e. The monoisotopic (exact) mass is 328 g/mol. The molecule has 0 aliphatic carbocycles. The van der Waals surface area contributed by atoms with Gasteiger partial charge >= 0.3 is 0 Å². The number of sulfone groups is 1. The van der Waals surface area contributed by atoms with Crippen molar-refractivity contribution in [3.8, 4) is 5.75 Å². The predicted octanol–water partition coefficient (Wildman–Crippen LogP) is 1.39. The smallest absolute Gasteiger partial charge is 0.238 e. The van der Waals surface area contributed by atoms with E-state index < -0.39 is 9.84 Å². The van der Waals surface area contributed by atoms with Gasteiger partial charge in [0.05, 0.1) is 25.1 Å². The zero-order valence-electron chi connectivity index (χ0n) is 13.3. The molecular weight excluding hydrogens is 304 g/mol. The van der Waals surface area contributed by atoms with Gasteiger partial charge in [0.15, 0.2) is 0 Å². The second-order valence-corrected chi connectivity index (χ2v) is 7.41. The molecule has 1 aromatic rings. The summed E-state index contributed by atoms with van der Waals surface area (Å²) in [4.78, 5) is 14.0. The SMILES string of the molecule is CCCN(CCS(C)(=O)=O)CC(=O)Nc1ccccc1OC. The van der Waals surface area contributed by atoms with Crippen molar-refractivity contribution >= 4 is 21.4 Å². The van der Waals surface area contributed by atoms with E-state index >= 15 is 0 Å². The van der Waals surface area contributed by atoms with E-state index in [9.17, 15) is 13.2 Å². The molecule has 124 valence electrons. The van der Waals surface area contributed by atoms with Crippen LogP contribution in [-0.2, 0) is 14.6 Å². The molecule has 22 heavy (non-hydrogen) atoms. The van der Waals surface area contributed by atoms with Crippen LogP contribution in [0.25, 0.3) is 0 Å². The molecule has 7 heteroatoms. The molecule has 0 saturated carbocycles. The Morgan fingerprint density at radius 3 is 2.55 bits per heavy atom. The fourth-order valence-corrected chi connectivity index (χ4v) is 2.61. The average molecular weight is 328 g/mol. The molecule has 0 aromatic heterocycles. The van der Waals surface area contributed by atoms with Crippen molar-refractivity contribution in [1.82, 2.24) is 4.90 Å². The maximum absolute atomic E-state index is 12.1. The number of benzene rings is 1. The van der Waals surface area contributed by atoms with E-state index in [0.29, 0.717) is 24.5 Å². The molecule has 1 aromatic carbocycles. The summed E-state index contributed by atoms with van der Waals surface area (Å²) in [6.07, 6.45) is 2.05. The minimum absolute atomic E-state index is 0.0505. The first-order valence-corrected chi connectivity index (χ1v) is 9.24. The Balaban J connectivity index is 2.63. The van der Waals surface area contributed by atoms with Crippen LogP contribution in [0, 0.1) is 0 Å². The molecule has 0 spiro atoms. The number of hydrogen-bond donors (Lipinski definition) is 1. The first kappa shape index (κ1) is 18.4. The number of hydrogen-bond acceptors (Lipinski definition) is 5. The maximum atomic E-state index is 12.1. The fraction of sp³-hybridized carbons (Fsp3) is 0.533. The van der Waals surface area contributed by atoms with Crippen molar-refractivity contribution in [3.63, 3.8) is 0 Å². The van der Waals surface area contributed by atoms with Crippen LogP contribution in [0.3, 0.4) is 0 Å². The highest BCUT2D eigenvalue weighted by Gasteiger charge is 2.14. The van der Waals surface area contributed by atoms with Gasteiger partial charge in [-0.1, -0.05) is 19.1 Å². The van der Waals surface area contributed by atoms with Gasteiger partial charge in [-0.05, 0) is 25.1 Å². The summed E-state index contributed by atoms with van der Waals surface area (Å²) in [5, 5.41) is 2.79. The highest BCUT2D eigenvalue weighted by atomic mass is 32.2. The highest BCUT2D eigenvalue weighted by Crippen LogP contribution is 2.22. The number of rotatable bonds is 9. The Bertz CT molecular complexity index is 587. The summed E-state index contributed by atoms with van der Waals surface area (Å²) in [5.74, 6) is 0.454. The van der Waals surface area contributed by atoms with Gasteiger partial charge in [0.1, 0.15) is 15.6 Å². The van der Waals surface area contributed by atoms with Crippen molar-refractivity contribution in [1.29, 1.82) is 0 Å². The zero-order chi connectivity index (χ0) is 16.6. The maximum Gasteiger partial charge on any atom is 0.238 e. The molecule has 0 fully saturated rings. The topological polar surface area (TPSA) is 75.7 Å². The fourth-order valence-electron chi connectivity index (χ4n) is 2.02. The number of carbonyl (C=O) groups is 1. The van der Waals surface area contributed by atoms with Crippen molar-refractivity contribution in [2.24, 2.45) is 0 Å². The highest BCUT2D eigenvalue weighted by molar-refractivity contribution is 7.90. The summed E-state index contributed by atoms with van der Waals surface area (Å²) >= 11 is 0. The predicted molar refractivity (Wildman–Crippen MR) is 88.1 cm³/mol. The van der Waals surface area contributed by atoms with Crippen molar-refractivity contribution < 1.29 is 17.9 Å². The van der Waals surface area contributed by atoms with E-state index in [1.807, 2.05) is 24.0 Å². The van der Waals surface area contributed by atoms with Gasteiger partial charge < -0.3 is 10.1 Å². The lowest BCUT2D eigenvalue weighted by atomic mass is 10.3. The van der Waals surface area contributed by atoms with Crippen molar-refractivity contribution in [2.75, 3.05) is 44.1 Å². The summed E-state index contributed by atoms with van der Waals surface area (Å²) in [7, 11) is -1.49. The summed E-state index contributed by atoms with van der Waals surface area (Å²) in [6, 6.07) is 7.16. The molecule has 0 saturated heterocycles. The van der Waals surface area contributed by atoms with Crippen LogP contribution in [0.4, 0.5) is 5.69 Å². The molecule has 0 atom stereocenters. The van der Waals surface area contributed by atoms with E-state index in [1.54, 1.807) is 19.2 Å². The Kier molecular flexibility index (Phi) is 7.34. The van der Waals surface area contributed by atoms with Gasteiger partial charge in [0.2, 0.25) is 5.91 Å². The molecule has 0 radical (unpaired) electrons.